The van der Waals surface area contributed by atoms with Crippen LogP contribution < -0.4 is 9.47 Å². The van der Waals surface area contributed by atoms with Gasteiger partial charge in [-0.05, 0) is 66.8 Å². The summed E-state index contributed by atoms with van der Waals surface area (Å²) in [7, 11) is 1.62. The standard InChI is InChI=1S/C33H36ClN3O4/c1-5-6-7-10-15-41-26-14-13-22(18-27(26)40-4)31-28-29(24-17-20(2)16-21(3)32(24)38)35-36-30(28)33(39)37(31)19-23-11-8-9-12-25(23)34/h8-9,11-14,16-18,31,38H,5-7,10,15,19H2,1-4H3,(H,35,36). The Morgan fingerprint density at radius 3 is 2.61 bits per heavy atom. The maximum atomic E-state index is 13.9. The van der Waals surface area contributed by atoms with Crippen molar-refractivity contribution in [2.24, 2.45) is 0 Å². The number of aromatic hydroxyl groups is 1. The summed E-state index contributed by atoms with van der Waals surface area (Å²) >= 11 is 6.53. The number of methoxy groups -OCH3 is 1. The minimum atomic E-state index is -0.504. The second kappa shape index (κ2) is 12.3. The molecule has 214 valence electrons. The fraction of sp³-hybridized carbons (Fsp3) is 0.333. The number of nitrogens with zero attached hydrogens (tertiary/aromatic N) is 2. The van der Waals surface area contributed by atoms with Crippen molar-refractivity contribution >= 4 is 17.5 Å². The highest BCUT2D eigenvalue weighted by Gasteiger charge is 2.43. The molecule has 1 amide bonds. The Labute approximate surface area is 246 Å². The first-order chi connectivity index (χ1) is 19.8. The molecule has 1 unspecified atom stereocenters. The van der Waals surface area contributed by atoms with E-state index in [1.54, 1.807) is 12.0 Å². The van der Waals surface area contributed by atoms with Gasteiger partial charge >= 0.3 is 0 Å². The fourth-order valence-corrected chi connectivity index (χ4v) is 5.74. The monoisotopic (exact) mass is 573 g/mol. The summed E-state index contributed by atoms with van der Waals surface area (Å²) in [5, 5.41) is 19.1. The number of carbonyl (C=O) groups excluding carboxylic acids is 1. The van der Waals surface area contributed by atoms with Crippen LogP contribution in [-0.2, 0) is 6.54 Å². The average molecular weight is 574 g/mol. The molecule has 3 aromatic carbocycles. The number of amides is 1. The molecule has 0 spiro atoms. The minimum Gasteiger partial charge on any atom is -0.507 e. The van der Waals surface area contributed by atoms with Gasteiger partial charge in [0.25, 0.3) is 5.91 Å². The van der Waals surface area contributed by atoms with E-state index in [0.29, 0.717) is 52.2 Å². The number of phenolic OH excluding ortho intramolecular Hbond substituents is 1. The highest BCUT2D eigenvalue weighted by molar-refractivity contribution is 6.31. The van der Waals surface area contributed by atoms with E-state index in [9.17, 15) is 9.90 Å². The van der Waals surface area contributed by atoms with Crippen LogP contribution in [0.15, 0.2) is 54.6 Å². The number of aromatic amines is 1. The van der Waals surface area contributed by atoms with Gasteiger partial charge in [-0.15, -0.1) is 0 Å². The third-order valence-corrected chi connectivity index (χ3v) is 7.99. The topological polar surface area (TPSA) is 87.7 Å². The number of H-pyrrole nitrogens is 1. The first kappa shape index (κ1) is 28.6. The van der Waals surface area contributed by atoms with Crippen LogP contribution in [0.4, 0.5) is 0 Å². The number of hydrogen-bond donors (Lipinski definition) is 2. The molecule has 8 heteroatoms. The van der Waals surface area contributed by atoms with Crippen LogP contribution in [0.3, 0.4) is 0 Å². The quantitative estimate of drug-likeness (QED) is 0.179. The number of aromatic nitrogens is 2. The molecule has 4 aromatic rings. The van der Waals surface area contributed by atoms with Crippen LogP contribution in [0.25, 0.3) is 11.3 Å². The summed E-state index contributed by atoms with van der Waals surface area (Å²) in [5.41, 5.74) is 5.63. The molecule has 0 fully saturated rings. The Bertz CT molecular complexity index is 1560. The Kier molecular flexibility index (Phi) is 8.54. The van der Waals surface area contributed by atoms with Crippen LogP contribution in [0, 0.1) is 13.8 Å². The van der Waals surface area contributed by atoms with Crippen LogP contribution in [-0.4, -0.2) is 39.8 Å². The van der Waals surface area contributed by atoms with Crippen molar-refractivity contribution in [2.45, 2.75) is 59.0 Å². The lowest BCUT2D eigenvalue weighted by molar-refractivity contribution is 0.0730. The first-order valence-electron chi connectivity index (χ1n) is 14.1. The lowest BCUT2D eigenvalue weighted by atomic mass is 9.93. The molecule has 5 rings (SSSR count). The van der Waals surface area contributed by atoms with Crippen molar-refractivity contribution in [3.63, 3.8) is 0 Å². The second-order valence-electron chi connectivity index (χ2n) is 10.6. The zero-order chi connectivity index (χ0) is 29.1. The zero-order valence-electron chi connectivity index (χ0n) is 24.0. The number of unbranched alkanes of at least 4 members (excludes halogenated alkanes) is 3. The smallest absolute Gasteiger partial charge is 0.273 e. The maximum absolute atomic E-state index is 13.9. The molecular formula is C33H36ClN3O4. The van der Waals surface area contributed by atoms with Crippen molar-refractivity contribution in [2.75, 3.05) is 13.7 Å². The third-order valence-electron chi connectivity index (χ3n) is 7.62. The normalized spacial score (nSPS) is 14.4. The first-order valence-corrected chi connectivity index (χ1v) is 14.5. The summed E-state index contributed by atoms with van der Waals surface area (Å²) < 4.78 is 11.8. The van der Waals surface area contributed by atoms with E-state index in [-0.39, 0.29) is 11.7 Å². The molecule has 0 saturated carbocycles. The number of rotatable bonds is 11. The molecule has 41 heavy (non-hydrogen) atoms. The van der Waals surface area contributed by atoms with Gasteiger partial charge in [-0.3, -0.25) is 9.89 Å². The fourth-order valence-electron chi connectivity index (χ4n) is 5.55. The van der Waals surface area contributed by atoms with Gasteiger partial charge in [0.15, 0.2) is 11.5 Å². The number of ether oxygens (including phenoxy) is 2. The number of aryl methyl sites for hydroxylation is 2. The van der Waals surface area contributed by atoms with E-state index in [2.05, 4.69) is 17.1 Å². The van der Waals surface area contributed by atoms with Gasteiger partial charge in [-0.25, -0.2) is 0 Å². The predicted octanol–water partition coefficient (Wildman–Crippen LogP) is 7.77. The van der Waals surface area contributed by atoms with Crippen LogP contribution in [0.1, 0.15) is 77.0 Å². The van der Waals surface area contributed by atoms with Gasteiger partial charge in [0.05, 0.1) is 19.8 Å². The van der Waals surface area contributed by atoms with Gasteiger partial charge in [-0.2, -0.15) is 5.10 Å². The number of halogens is 1. The molecular weight excluding hydrogens is 538 g/mol. The number of nitrogens with one attached hydrogen (secondary N) is 1. The van der Waals surface area contributed by atoms with Crippen LogP contribution in [0.2, 0.25) is 5.02 Å². The summed E-state index contributed by atoms with van der Waals surface area (Å²) in [6, 6.07) is 16.6. The number of carbonyl (C=O) groups is 1. The van der Waals surface area contributed by atoms with Gasteiger partial charge in [0.2, 0.25) is 0 Å². The van der Waals surface area contributed by atoms with Crippen LogP contribution >= 0.6 is 11.6 Å². The highest BCUT2D eigenvalue weighted by atomic mass is 35.5. The largest absolute Gasteiger partial charge is 0.507 e. The zero-order valence-corrected chi connectivity index (χ0v) is 24.7. The second-order valence-corrected chi connectivity index (χ2v) is 11.0. The van der Waals surface area contributed by atoms with Crippen molar-refractivity contribution < 1.29 is 19.4 Å². The van der Waals surface area contributed by atoms with E-state index in [1.165, 1.54) is 12.8 Å². The average Bonchev–Trinajstić information content (AvgIpc) is 3.50. The molecule has 0 radical (unpaired) electrons. The van der Waals surface area contributed by atoms with Crippen molar-refractivity contribution in [1.29, 1.82) is 0 Å². The van der Waals surface area contributed by atoms with Gasteiger partial charge in [0.1, 0.15) is 17.1 Å². The Morgan fingerprint density at radius 2 is 1.85 bits per heavy atom. The Morgan fingerprint density at radius 1 is 1.05 bits per heavy atom. The lowest BCUT2D eigenvalue weighted by Gasteiger charge is -2.27. The van der Waals surface area contributed by atoms with E-state index in [4.69, 9.17) is 21.1 Å². The molecule has 0 aliphatic carbocycles. The van der Waals surface area contributed by atoms with Gasteiger partial charge in [0, 0.05) is 22.7 Å². The van der Waals surface area contributed by atoms with E-state index in [0.717, 1.165) is 35.1 Å². The lowest BCUT2D eigenvalue weighted by Crippen LogP contribution is -2.29. The van der Waals surface area contributed by atoms with E-state index in [1.807, 2.05) is 68.4 Å². The molecule has 2 N–H and O–H groups in total. The van der Waals surface area contributed by atoms with Gasteiger partial charge < -0.3 is 19.5 Å². The predicted molar refractivity (Wildman–Crippen MR) is 161 cm³/mol. The van der Waals surface area contributed by atoms with Crippen molar-refractivity contribution in [3.8, 4) is 28.5 Å². The summed E-state index contributed by atoms with van der Waals surface area (Å²) in [6.07, 6.45) is 4.44. The summed E-state index contributed by atoms with van der Waals surface area (Å²) in [5.74, 6) is 1.21. The van der Waals surface area contributed by atoms with E-state index >= 15 is 0 Å². The number of benzene rings is 3. The molecule has 0 bridgehead atoms. The Balaban J connectivity index is 1.59. The van der Waals surface area contributed by atoms with Crippen molar-refractivity contribution in [3.05, 3.63) is 93.1 Å². The summed E-state index contributed by atoms with van der Waals surface area (Å²) in [4.78, 5) is 15.7. The number of fused-ring (bicyclic) bond motifs is 1. The van der Waals surface area contributed by atoms with Crippen molar-refractivity contribution in [1.82, 2.24) is 15.1 Å². The third kappa shape index (κ3) is 5.64. The number of hydrogen-bond acceptors (Lipinski definition) is 5. The summed E-state index contributed by atoms with van der Waals surface area (Å²) in [6.45, 7) is 6.92. The van der Waals surface area contributed by atoms with Gasteiger partial charge in [-0.1, -0.05) is 68.1 Å². The molecule has 0 saturated heterocycles. The molecule has 1 aliphatic rings. The molecule has 1 aromatic heterocycles. The molecule has 1 aliphatic heterocycles. The molecule has 2 heterocycles. The van der Waals surface area contributed by atoms with Crippen LogP contribution in [0.5, 0.6) is 17.2 Å². The molecule has 7 nitrogen and oxygen atoms in total. The van der Waals surface area contributed by atoms with E-state index < -0.39 is 6.04 Å². The minimum absolute atomic E-state index is 0.144. The maximum Gasteiger partial charge on any atom is 0.273 e. The SMILES string of the molecule is CCCCCCOc1ccc(C2c3c(-c4cc(C)cc(C)c4O)n[nH]c3C(=O)N2Cc2ccccc2Cl)cc1OC. The highest BCUT2D eigenvalue weighted by Crippen LogP contribution is 2.47. The molecule has 1 atom stereocenters. The Hall–Kier alpha value is -3.97. The number of phenols is 1.